The maximum atomic E-state index is 13.0. The van der Waals surface area contributed by atoms with Crippen LogP contribution in [0.3, 0.4) is 0 Å². The first-order valence-corrected chi connectivity index (χ1v) is 40.4. The number of carbonyl (C=O) groups is 3. The number of hydrogen-bond acceptors (Lipinski definition) is 14. The molecule has 0 heterocycles. The van der Waals surface area contributed by atoms with Gasteiger partial charge in [0, 0.05) is 19.3 Å². The van der Waals surface area contributed by atoms with E-state index in [1.807, 2.05) is 0 Å². The predicted octanol–water partition coefficient (Wildman–Crippen LogP) is 21.6. The number of hydrogen-bond donors (Lipinski definition) is 4. The van der Waals surface area contributed by atoms with E-state index in [-0.39, 0.29) is 19.3 Å². The lowest BCUT2D eigenvalue weighted by Gasteiger charge is -2.21. The lowest BCUT2D eigenvalue weighted by atomic mass is 10.1. The van der Waals surface area contributed by atoms with Gasteiger partial charge in [-0.1, -0.05) is 268 Å². The number of phosphoric ester groups is 2. The Bertz CT molecular complexity index is 2480. The van der Waals surface area contributed by atoms with Gasteiger partial charge in [0.25, 0.3) is 0 Å². The Morgan fingerprint density at radius 3 is 0.798 bits per heavy atom. The summed E-state index contributed by atoms with van der Waals surface area (Å²) in [6.45, 7) is 2.26. The normalized spacial score (nSPS) is 15.0. The Labute approximate surface area is 599 Å². The third-order valence-electron chi connectivity index (χ3n) is 14.9. The van der Waals surface area contributed by atoms with Crippen molar-refractivity contribution >= 4 is 33.6 Å². The molecule has 0 fully saturated rings. The summed E-state index contributed by atoms with van der Waals surface area (Å²) in [7, 11) is -9.82. The number of aliphatic hydroxyl groups excluding tert-OH is 2. The van der Waals surface area contributed by atoms with Gasteiger partial charge in [-0.25, -0.2) is 9.13 Å². The molecule has 0 rings (SSSR count). The zero-order valence-corrected chi connectivity index (χ0v) is 62.9. The number of carbonyl (C=O) groups excluding carboxylic acids is 3. The molecule has 99 heavy (non-hydrogen) atoms. The number of aliphatic hydroxyl groups is 2. The highest BCUT2D eigenvalue weighted by Crippen LogP contribution is 2.45. The van der Waals surface area contributed by atoms with Crippen molar-refractivity contribution in [3.63, 3.8) is 0 Å². The second-order valence-electron chi connectivity index (χ2n) is 24.3. The monoisotopic (exact) mass is 1420 g/mol. The second kappa shape index (κ2) is 72.7. The zero-order valence-electron chi connectivity index (χ0n) is 61.1. The molecule has 0 aromatic rings. The van der Waals surface area contributed by atoms with E-state index in [0.29, 0.717) is 19.3 Å². The molecule has 0 aromatic carbocycles. The van der Waals surface area contributed by atoms with Crippen LogP contribution in [0.2, 0.25) is 0 Å². The van der Waals surface area contributed by atoms with Crippen molar-refractivity contribution < 1.29 is 75.8 Å². The topological polar surface area (TPSA) is 231 Å². The van der Waals surface area contributed by atoms with E-state index in [1.54, 1.807) is 0 Å². The predicted molar refractivity (Wildman–Crippen MR) is 408 cm³/mol. The first kappa shape index (κ1) is 93.9. The van der Waals surface area contributed by atoms with Crippen molar-refractivity contribution in [3.8, 4) is 0 Å². The molecule has 0 aliphatic heterocycles. The van der Waals surface area contributed by atoms with Crippen LogP contribution in [0.4, 0.5) is 0 Å². The Hall–Kier alpha value is -5.09. The van der Waals surface area contributed by atoms with Gasteiger partial charge < -0.3 is 34.2 Å². The van der Waals surface area contributed by atoms with Gasteiger partial charge in [-0.3, -0.25) is 32.5 Å². The maximum Gasteiger partial charge on any atom is 0.472 e. The molecule has 562 valence electrons. The van der Waals surface area contributed by atoms with Gasteiger partial charge >= 0.3 is 33.6 Å². The molecule has 5 unspecified atom stereocenters. The molecule has 18 heteroatoms. The molecule has 0 spiro atoms. The molecular weight excluding hydrogens is 1290 g/mol. The number of rotatable bonds is 69. The highest BCUT2D eigenvalue weighted by molar-refractivity contribution is 7.47. The SMILES string of the molecule is CC/C=C\C/C=C\C/C=C\C/C=C\C/C=C\CCCCCCCCCC(=O)OCC(O)COP(=O)(O)OCC(O)COP(=O)(O)OCC(COC(=O)CCCCCCCCC/C=C\C/C=C\C/C=C\C/C=C\C/C=C\CC)OC(=O)CCCCCC/C=C\C/C=C\C/C=C\C/C=C\CC. The van der Waals surface area contributed by atoms with Gasteiger partial charge in [-0.2, -0.15) is 0 Å². The smallest absolute Gasteiger partial charge is 0.463 e. The van der Waals surface area contributed by atoms with Gasteiger partial charge in [-0.05, 0) is 148 Å². The number of allylic oxidation sites excluding steroid dienone is 28. The fourth-order valence-corrected chi connectivity index (χ4v) is 10.9. The number of ether oxygens (including phenoxy) is 3. The van der Waals surface area contributed by atoms with Crippen LogP contribution in [-0.2, 0) is 55.8 Å². The molecular formula is C81H132O16P2. The van der Waals surface area contributed by atoms with E-state index < -0.39 is 91.5 Å². The lowest BCUT2D eigenvalue weighted by Crippen LogP contribution is -2.30. The molecule has 4 N–H and O–H groups in total. The van der Waals surface area contributed by atoms with Gasteiger partial charge in [-0.15, -0.1) is 0 Å². The summed E-state index contributed by atoms with van der Waals surface area (Å²) in [5.41, 5.74) is 0. The minimum Gasteiger partial charge on any atom is -0.463 e. The second-order valence-corrected chi connectivity index (χ2v) is 27.2. The summed E-state index contributed by atoms with van der Waals surface area (Å²) in [6.07, 6.45) is 91.0. The van der Waals surface area contributed by atoms with Crippen LogP contribution in [0.25, 0.3) is 0 Å². The summed E-state index contributed by atoms with van der Waals surface area (Å²) in [6, 6.07) is 0. The number of phosphoric acid groups is 2. The van der Waals surface area contributed by atoms with E-state index in [2.05, 4.69) is 191 Å². The number of unbranched alkanes of at least 4 members (excludes halogenated alkanes) is 18. The van der Waals surface area contributed by atoms with E-state index in [0.717, 1.165) is 205 Å². The molecule has 16 nitrogen and oxygen atoms in total. The van der Waals surface area contributed by atoms with Crippen LogP contribution >= 0.6 is 15.6 Å². The van der Waals surface area contributed by atoms with Crippen LogP contribution in [-0.4, -0.2) is 95.9 Å². The number of esters is 3. The third kappa shape index (κ3) is 73.9. The Balaban J connectivity index is 4.72. The standard InChI is InChI=1S/C81H132O16P2/c1-4-7-10-13-16-19-22-25-28-31-33-35-37-39-41-44-46-49-52-55-58-61-64-67-79(84)91-70-76(82)71-93-98(87,88)94-72-77(83)73-95-99(89,90)96-75-78(97-81(86)69-66-63-60-57-54-51-48-43-30-27-24-21-18-15-12-9-6-3)74-92-80(85)68-65-62-59-56-53-50-47-45-42-40-38-36-34-32-29-26-23-20-17-14-11-8-5-2/h7-12,16-21,25-30,33-36,39-42,48,51,76-78,82-83H,4-6,13-15,22-24,31-32,37-38,43-47,49-50,52-75H2,1-3H3,(H,87,88)(H,89,90)/b10-7-,11-8-,12-9-,19-16-,20-17-,21-18-,28-25-,29-26-,30-27-,35-33-,36-34-,41-39-,42-40-,51-48-. The summed E-state index contributed by atoms with van der Waals surface area (Å²) in [5, 5.41) is 20.6. The van der Waals surface area contributed by atoms with Gasteiger partial charge in [0.05, 0.1) is 26.4 Å². The molecule has 0 amide bonds. The summed E-state index contributed by atoms with van der Waals surface area (Å²) < 4.78 is 61.1. The Kier molecular flexibility index (Phi) is 69.0. The van der Waals surface area contributed by atoms with Crippen LogP contribution in [0.5, 0.6) is 0 Å². The van der Waals surface area contributed by atoms with E-state index in [1.165, 1.54) is 0 Å². The molecule has 0 saturated carbocycles. The van der Waals surface area contributed by atoms with Crippen molar-refractivity contribution in [3.05, 3.63) is 170 Å². The fraction of sp³-hybridized carbons (Fsp3) is 0.617. The first-order chi connectivity index (χ1) is 48.2. The average molecular weight is 1420 g/mol. The maximum absolute atomic E-state index is 13.0. The van der Waals surface area contributed by atoms with E-state index >= 15 is 0 Å². The van der Waals surface area contributed by atoms with Gasteiger partial charge in [0.1, 0.15) is 25.4 Å². The van der Waals surface area contributed by atoms with Crippen molar-refractivity contribution in [1.82, 2.24) is 0 Å². The summed E-state index contributed by atoms with van der Waals surface area (Å²) in [4.78, 5) is 58.6. The van der Waals surface area contributed by atoms with Crippen molar-refractivity contribution in [2.24, 2.45) is 0 Å². The van der Waals surface area contributed by atoms with Gasteiger partial charge in [0.15, 0.2) is 6.10 Å². The van der Waals surface area contributed by atoms with Gasteiger partial charge in [0.2, 0.25) is 0 Å². The fourth-order valence-electron chi connectivity index (χ4n) is 9.32. The molecule has 5 atom stereocenters. The quantitative estimate of drug-likeness (QED) is 0.0146. The first-order valence-electron chi connectivity index (χ1n) is 37.4. The molecule has 0 bridgehead atoms. The highest BCUT2D eigenvalue weighted by Gasteiger charge is 2.29. The summed E-state index contributed by atoms with van der Waals surface area (Å²) in [5.74, 6) is -1.64. The summed E-state index contributed by atoms with van der Waals surface area (Å²) >= 11 is 0. The van der Waals surface area contributed by atoms with Crippen molar-refractivity contribution in [2.45, 2.75) is 283 Å². The Morgan fingerprint density at radius 2 is 0.505 bits per heavy atom. The van der Waals surface area contributed by atoms with Crippen LogP contribution in [0.15, 0.2) is 170 Å². The largest absolute Gasteiger partial charge is 0.472 e. The molecule has 0 aromatic heterocycles. The zero-order chi connectivity index (χ0) is 72.3. The minimum atomic E-state index is -4.95. The van der Waals surface area contributed by atoms with E-state index in [4.69, 9.17) is 32.3 Å². The Morgan fingerprint density at radius 1 is 0.283 bits per heavy atom. The van der Waals surface area contributed by atoms with E-state index in [9.17, 15) is 43.5 Å². The van der Waals surface area contributed by atoms with Crippen LogP contribution in [0, 0.1) is 0 Å². The average Bonchev–Trinajstić information content (AvgIpc) is 2.19. The van der Waals surface area contributed by atoms with Crippen molar-refractivity contribution in [1.29, 1.82) is 0 Å². The highest BCUT2D eigenvalue weighted by atomic mass is 31.2. The molecule has 0 saturated heterocycles. The van der Waals surface area contributed by atoms with Crippen molar-refractivity contribution in [2.75, 3.05) is 39.6 Å². The van der Waals surface area contributed by atoms with Crippen LogP contribution < -0.4 is 0 Å². The van der Waals surface area contributed by atoms with Crippen LogP contribution in [0.1, 0.15) is 265 Å². The molecule has 0 aliphatic rings. The molecule has 0 radical (unpaired) electrons. The lowest BCUT2D eigenvalue weighted by molar-refractivity contribution is -0.161. The third-order valence-corrected chi connectivity index (χ3v) is 16.8. The molecule has 0 aliphatic carbocycles. The minimum absolute atomic E-state index is 0.0671.